The average Bonchev–Trinajstić information content (AvgIpc) is 3.08. The van der Waals surface area contributed by atoms with Gasteiger partial charge in [0.2, 0.25) is 5.76 Å². The number of nitrogens with zero attached hydrogens (tertiary/aromatic N) is 1. The molecule has 1 N–H and O–H groups in total. The zero-order valence-electron chi connectivity index (χ0n) is 18.4. The van der Waals surface area contributed by atoms with Crippen LogP contribution in [0.2, 0.25) is 0 Å². The van der Waals surface area contributed by atoms with Crippen LogP contribution in [0.1, 0.15) is 45.8 Å². The number of phenolic OH excluding ortho intramolecular Hbond substituents is 1. The van der Waals surface area contributed by atoms with Crippen molar-refractivity contribution < 1.29 is 19.1 Å². The van der Waals surface area contributed by atoms with Crippen LogP contribution in [0.3, 0.4) is 0 Å². The lowest BCUT2D eigenvalue weighted by Gasteiger charge is -2.25. The monoisotopic (exact) mass is 441 g/mol. The lowest BCUT2D eigenvalue weighted by atomic mass is 9.97. The van der Waals surface area contributed by atoms with Crippen LogP contribution in [0, 0.1) is 6.92 Å². The van der Waals surface area contributed by atoms with Crippen LogP contribution in [0.4, 0.5) is 0 Å². The Morgan fingerprint density at radius 3 is 2.58 bits per heavy atom. The fourth-order valence-electron chi connectivity index (χ4n) is 4.40. The van der Waals surface area contributed by atoms with Crippen LogP contribution >= 0.6 is 0 Å². The van der Waals surface area contributed by atoms with E-state index in [1.165, 1.54) is 6.07 Å². The number of fused-ring (bicyclic) bond motifs is 2. The molecule has 0 spiro atoms. The topological polar surface area (TPSA) is 80.0 Å². The summed E-state index contributed by atoms with van der Waals surface area (Å²) < 4.78 is 11.6. The van der Waals surface area contributed by atoms with Gasteiger partial charge < -0.3 is 19.2 Å². The maximum atomic E-state index is 13.7. The quantitative estimate of drug-likeness (QED) is 0.474. The van der Waals surface area contributed by atoms with Crippen molar-refractivity contribution in [3.05, 3.63) is 105 Å². The summed E-state index contributed by atoms with van der Waals surface area (Å²) in [5.74, 6) is 0.0188. The molecule has 2 heterocycles. The number of hydrogen-bond donors (Lipinski definition) is 1. The highest BCUT2D eigenvalue weighted by atomic mass is 16.5. The van der Waals surface area contributed by atoms with Gasteiger partial charge in [-0.1, -0.05) is 48.0 Å². The third-order valence-electron chi connectivity index (χ3n) is 5.92. The van der Waals surface area contributed by atoms with Gasteiger partial charge in [0.15, 0.2) is 16.9 Å². The molecule has 1 aromatic heterocycles. The molecule has 4 aromatic rings. The van der Waals surface area contributed by atoms with Gasteiger partial charge in [-0.25, -0.2) is 0 Å². The molecule has 0 fully saturated rings. The van der Waals surface area contributed by atoms with E-state index in [1.807, 2.05) is 50.2 Å². The van der Waals surface area contributed by atoms with Crippen molar-refractivity contribution in [1.82, 2.24) is 4.90 Å². The van der Waals surface area contributed by atoms with Gasteiger partial charge in [0.1, 0.15) is 5.58 Å². The molecule has 1 aliphatic heterocycles. The van der Waals surface area contributed by atoms with Gasteiger partial charge in [-0.15, -0.1) is 0 Å². The molecule has 1 atom stereocenters. The van der Waals surface area contributed by atoms with E-state index < -0.39 is 6.04 Å². The first kappa shape index (κ1) is 20.8. The molecule has 0 bridgehead atoms. The van der Waals surface area contributed by atoms with Crippen LogP contribution < -0.4 is 10.2 Å². The normalized spacial score (nSPS) is 15.2. The maximum Gasteiger partial charge on any atom is 0.291 e. The van der Waals surface area contributed by atoms with E-state index in [-0.39, 0.29) is 22.8 Å². The molecule has 6 heteroatoms. The Bertz CT molecular complexity index is 1420. The number of ether oxygens (including phenoxy) is 1. The summed E-state index contributed by atoms with van der Waals surface area (Å²) in [6.07, 6.45) is 0. The number of carbonyl (C=O) groups is 1. The first-order valence-corrected chi connectivity index (χ1v) is 10.9. The second-order valence-corrected chi connectivity index (χ2v) is 8.15. The smallest absolute Gasteiger partial charge is 0.291 e. The fraction of sp³-hybridized carbons (Fsp3) is 0.185. The lowest BCUT2D eigenvalue weighted by Crippen LogP contribution is -2.29. The van der Waals surface area contributed by atoms with Crippen molar-refractivity contribution >= 4 is 16.9 Å². The van der Waals surface area contributed by atoms with Crippen molar-refractivity contribution in [2.75, 3.05) is 6.61 Å². The fourth-order valence-corrected chi connectivity index (χ4v) is 4.40. The van der Waals surface area contributed by atoms with Gasteiger partial charge in [-0.3, -0.25) is 9.59 Å². The summed E-state index contributed by atoms with van der Waals surface area (Å²) in [7, 11) is 0. The summed E-state index contributed by atoms with van der Waals surface area (Å²) in [5.41, 5.74) is 3.00. The highest BCUT2D eigenvalue weighted by Crippen LogP contribution is 2.41. The first-order chi connectivity index (χ1) is 16.0. The van der Waals surface area contributed by atoms with Gasteiger partial charge in [0.25, 0.3) is 5.91 Å². The molecule has 0 radical (unpaired) electrons. The number of rotatable bonds is 5. The highest BCUT2D eigenvalue weighted by Gasteiger charge is 2.43. The van der Waals surface area contributed by atoms with Crippen molar-refractivity contribution in [2.45, 2.75) is 26.4 Å². The Hall–Kier alpha value is -4.06. The highest BCUT2D eigenvalue weighted by molar-refractivity contribution is 5.99. The molecule has 33 heavy (non-hydrogen) atoms. The van der Waals surface area contributed by atoms with Gasteiger partial charge in [0.05, 0.1) is 23.6 Å². The molecule has 166 valence electrons. The number of aromatic hydroxyl groups is 1. The third kappa shape index (κ3) is 3.53. The number of aryl methyl sites for hydroxylation is 1. The SMILES string of the molecule is CCOc1cc([C@@H]2c3c(oc4ccc(C)cc4c3=O)C(=O)N2Cc2ccccc2)ccc1O. The van der Waals surface area contributed by atoms with Crippen LogP contribution in [0.15, 0.2) is 75.9 Å². The minimum absolute atomic E-state index is 0.000858. The maximum absolute atomic E-state index is 13.7. The number of benzene rings is 3. The van der Waals surface area contributed by atoms with E-state index >= 15 is 0 Å². The zero-order chi connectivity index (χ0) is 23.1. The van der Waals surface area contributed by atoms with Crippen molar-refractivity contribution in [2.24, 2.45) is 0 Å². The number of hydrogen-bond acceptors (Lipinski definition) is 5. The molecule has 6 nitrogen and oxygen atoms in total. The Morgan fingerprint density at radius 2 is 1.82 bits per heavy atom. The Labute approximate surface area is 190 Å². The molecule has 1 aliphatic rings. The summed E-state index contributed by atoms with van der Waals surface area (Å²) >= 11 is 0. The Kier molecular flexibility index (Phi) is 5.13. The van der Waals surface area contributed by atoms with E-state index in [2.05, 4.69) is 0 Å². The second kappa shape index (κ2) is 8.13. The molecule has 1 amide bonds. The largest absolute Gasteiger partial charge is 0.504 e. The average molecular weight is 441 g/mol. The number of carbonyl (C=O) groups excluding carboxylic acids is 1. The van der Waals surface area contributed by atoms with Crippen molar-refractivity contribution in [1.29, 1.82) is 0 Å². The van der Waals surface area contributed by atoms with Gasteiger partial charge in [-0.05, 0) is 49.2 Å². The summed E-state index contributed by atoms with van der Waals surface area (Å²) in [6, 6.07) is 19.2. The number of amides is 1. The summed E-state index contributed by atoms with van der Waals surface area (Å²) in [4.78, 5) is 28.8. The predicted molar refractivity (Wildman–Crippen MR) is 125 cm³/mol. The molecule has 5 rings (SSSR count). The van der Waals surface area contributed by atoms with E-state index in [1.54, 1.807) is 29.2 Å². The van der Waals surface area contributed by atoms with Crippen LogP contribution in [0.5, 0.6) is 11.5 Å². The minimum atomic E-state index is -0.673. The van der Waals surface area contributed by atoms with E-state index in [4.69, 9.17) is 9.15 Å². The number of phenols is 1. The standard InChI is InChI=1S/C27H23NO5/c1-3-32-22-14-18(10-11-20(22)29)24-23-25(30)19-13-16(2)9-12-21(19)33-26(23)27(31)28(24)15-17-7-5-4-6-8-17/h4-14,24,29H,3,15H2,1-2H3/t24-/m1/s1. The Morgan fingerprint density at radius 1 is 1.03 bits per heavy atom. The van der Waals surface area contributed by atoms with Gasteiger partial charge >= 0.3 is 0 Å². The molecule has 0 unspecified atom stereocenters. The second-order valence-electron chi connectivity index (χ2n) is 8.15. The van der Waals surface area contributed by atoms with Crippen LogP contribution in [-0.4, -0.2) is 22.5 Å². The summed E-state index contributed by atoms with van der Waals surface area (Å²) in [5, 5.41) is 10.6. The predicted octanol–water partition coefficient (Wildman–Crippen LogP) is 4.95. The van der Waals surface area contributed by atoms with Crippen LogP contribution in [0.25, 0.3) is 11.0 Å². The Balaban J connectivity index is 1.74. The van der Waals surface area contributed by atoms with E-state index in [0.717, 1.165) is 11.1 Å². The minimum Gasteiger partial charge on any atom is -0.504 e. The zero-order valence-corrected chi connectivity index (χ0v) is 18.4. The van der Waals surface area contributed by atoms with Gasteiger partial charge in [-0.2, -0.15) is 0 Å². The molecule has 3 aromatic carbocycles. The molecule has 0 saturated heterocycles. The summed E-state index contributed by atoms with van der Waals surface area (Å²) in [6.45, 7) is 4.40. The molecular weight excluding hydrogens is 418 g/mol. The van der Waals surface area contributed by atoms with Crippen molar-refractivity contribution in [3.63, 3.8) is 0 Å². The lowest BCUT2D eigenvalue weighted by molar-refractivity contribution is 0.0714. The first-order valence-electron chi connectivity index (χ1n) is 10.9. The molecular formula is C27H23NO5. The van der Waals surface area contributed by atoms with Gasteiger partial charge in [0, 0.05) is 6.54 Å². The molecule has 0 saturated carbocycles. The third-order valence-corrected chi connectivity index (χ3v) is 5.92. The van der Waals surface area contributed by atoms with Crippen molar-refractivity contribution in [3.8, 4) is 11.5 Å². The van der Waals surface area contributed by atoms with Crippen LogP contribution in [-0.2, 0) is 6.54 Å². The molecule has 0 aliphatic carbocycles. The van der Waals surface area contributed by atoms with E-state index in [9.17, 15) is 14.7 Å². The van der Waals surface area contributed by atoms with E-state index in [0.29, 0.717) is 41.0 Å².